The van der Waals surface area contributed by atoms with Crippen molar-refractivity contribution in [2.45, 2.75) is 33.5 Å². The lowest BCUT2D eigenvalue weighted by molar-refractivity contribution is 0.286. The van der Waals surface area contributed by atoms with Gasteiger partial charge in [0.15, 0.2) is 0 Å². The number of nitrogens with one attached hydrogen (secondary N) is 1. The number of rotatable bonds is 7. The maximum absolute atomic E-state index is 5.74. The Labute approximate surface area is 114 Å². The van der Waals surface area contributed by atoms with Crippen LogP contribution in [0.5, 0.6) is 0 Å². The van der Waals surface area contributed by atoms with E-state index in [4.69, 9.17) is 8.83 Å². The molecule has 2 aromatic rings. The van der Waals surface area contributed by atoms with Crippen LogP contribution in [-0.4, -0.2) is 18.5 Å². The first-order chi connectivity index (χ1) is 9.19. The molecule has 0 fully saturated rings. The number of hydrogen-bond acceptors (Lipinski definition) is 4. The lowest BCUT2D eigenvalue weighted by Gasteiger charge is -2.14. The van der Waals surface area contributed by atoms with E-state index in [1.807, 2.05) is 19.1 Å². The van der Waals surface area contributed by atoms with Crippen molar-refractivity contribution in [1.29, 1.82) is 0 Å². The highest BCUT2D eigenvalue weighted by atomic mass is 16.3. The topological polar surface area (TPSA) is 41.5 Å². The summed E-state index contributed by atoms with van der Waals surface area (Å²) in [6.07, 6.45) is 1.71. The molecule has 0 aliphatic rings. The zero-order chi connectivity index (χ0) is 13.7. The summed E-state index contributed by atoms with van der Waals surface area (Å²) < 4.78 is 11.1. The first kappa shape index (κ1) is 13.9. The molecule has 0 spiro atoms. The predicted octanol–water partition coefficient (Wildman–Crippen LogP) is 2.92. The Morgan fingerprint density at radius 3 is 2.79 bits per heavy atom. The van der Waals surface area contributed by atoms with Crippen molar-refractivity contribution in [2.75, 3.05) is 13.6 Å². The highest BCUT2D eigenvalue weighted by Gasteiger charge is 2.10. The van der Waals surface area contributed by atoms with Crippen LogP contribution >= 0.6 is 0 Å². The standard InChI is InChI=1S/C15H22N2O2/c1-4-16-9-15-8-13(12(2)19-15)10-17(3)11-14-6-5-7-18-14/h5-8,16H,4,9-11H2,1-3H3. The van der Waals surface area contributed by atoms with E-state index in [0.29, 0.717) is 0 Å². The summed E-state index contributed by atoms with van der Waals surface area (Å²) in [5.41, 5.74) is 1.24. The smallest absolute Gasteiger partial charge is 0.118 e. The van der Waals surface area contributed by atoms with Crippen LogP contribution in [0.2, 0.25) is 0 Å². The fraction of sp³-hybridized carbons (Fsp3) is 0.467. The Morgan fingerprint density at radius 1 is 1.26 bits per heavy atom. The van der Waals surface area contributed by atoms with E-state index in [2.05, 4.69) is 30.3 Å². The van der Waals surface area contributed by atoms with E-state index in [-0.39, 0.29) is 0 Å². The zero-order valence-electron chi connectivity index (χ0n) is 11.9. The van der Waals surface area contributed by atoms with Gasteiger partial charge in [-0.05, 0) is 38.7 Å². The van der Waals surface area contributed by atoms with Gasteiger partial charge in [0.1, 0.15) is 17.3 Å². The maximum atomic E-state index is 5.74. The van der Waals surface area contributed by atoms with Crippen LogP contribution in [0.25, 0.3) is 0 Å². The second kappa shape index (κ2) is 6.59. The highest BCUT2D eigenvalue weighted by Crippen LogP contribution is 2.17. The highest BCUT2D eigenvalue weighted by molar-refractivity contribution is 5.20. The molecule has 0 saturated carbocycles. The zero-order valence-corrected chi connectivity index (χ0v) is 11.9. The minimum absolute atomic E-state index is 0.791. The molecule has 0 unspecified atom stereocenters. The van der Waals surface area contributed by atoms with E-state index in [1.165, 1.54) is 5.56 Å². The molecule has 0 aromatic carbocycles. The summed E-state index contributed by atoms with van der Waals surface area (Å²) in [7, 11) is 2.08. The van der Waals surface area contributed by atoms with Crippen LogP contribution in [0.3, 0.4) is 0 Å². The molecule has 0 atom stereocenters. The summed E-state index contributed by atoms with van der Waals surface area (Å²) in [4.78, 5) is 2.22. The molecule has 2 rings (SSSR count). The molecule has 4 heteroatoms. The van der Waals surface area contributed by atoms with Gasteiger partial charge in [-0.15, -0.1) is 0 Å². The Morgan fingerprint density at radius 2 is 2.11 bits per heavy atom. The number of hydrogen-bond donors (Lipinski definition) is 1. The van der Waals surface area contributed by atoms with Gasteiger partial charge in [0.2, 0.25) is 0 Å². The molecule has 104 valence electrons. The molecule has 0 radical (unpaired) electrons. The third kappa shape index (κ3) is 3.98. The molecule has 4 nitrogen and oxygen atoms in total. The summed E-state index contributed by atoms with van der Waals surface area (Å²) in [6, 6.07) is 6.05. The summed E-state index contributed by atoms with van der Waals surface area (Å²) in [5, 5.41) is 3.27. The molecule has 1 N–H and O–H groups in total. The van der Waals surface area contributed by atoms with E-state index < -0.39 is 0 Å². The van der Waals surface area contributed by atoms with Crippen molar-refractivity contribution in [2.24, 2.45) is 0 Å². The predicted molar refractivity (Wildman–Crippen MR) is 74.7 cm³/mol. The van der Waals surface area contributed by atoms with E-state index in [1.54, 1.807) is 6.26 Å². The van der Waals surface area contributed by atoms with Crippen LogP contribution in [0.1, 0.15) is 29.8 Å². The SMILES string of the molecule is CCNCc1cc(CN(C)Cc2ccco2)c(C)o1. The third-order valence-electron chi connectivity index (χ3n) is 3.07. The van der Waals surface area contributed by atoms with Crippen LogP contribution < -0.4 is 5.32 Å². The first-order valence-corrected chi connectivity index (χ1v) is 6.69. The molecule has 0 amide bonds. The fourth-order valence-electron chi connectivity index (χ4n) is 2.10. The quantitative estimate of drug-likeness (QED) is 0.833. The van der Waals surface area contributed by atoms with Gasteiger partial charge in [-0.2, -0.15) is 0 Å². The number of nitrogens with zero attached hydrogens (tertiary/aromatic N) is 1. The summed E-state index contributed by atoms with van der Waals surface area (Å²) in [6.45, 7) is 7.52. The van der Waals surface area contributed by atoms with Crippen molar-refractivity contribution < 1.29 is 8.83 Å². The first-order valence-electron chi connectivity index (χ1n) is 6.69. The van der Waals surface area contributed by atoms with Gasteiger partial charge >= 0.3 is 0 Å². The summed E-state index contributed by atoms with van der Waals surface area (Å²) >= 11 is 0. The molecule has 2 heterocycles. The van der Waals surface area contributed by atoms with E-state index in [9.17, 15) is 0 Å². The minimum Gasteiger partial charge on any atom is -0.468 e. The molecule has 0 saturated heterocycles. The number of furan rings is 2. The van der Waals surface area contributed by atoms with Gasteiger partial charge in [0, 0.05) is 12.1 Å². The van der Waals surface area contributed by atoms with Gasteiger partial charge in [-0.3, -0.25) is 4.90 Å². The normalized spacial score (nSPS) is 11.4. The Kier molecular flexibility index (Phi) is 4.82. The average molecular weight is 262 g/mol. The third-order valence-corrected chi connectivity index (χ3v) is 3.07. The van der Waals surface area contributed by atoms with Crippen molar-refractivity contribution in [3.63, 3.8) is 0 Å². The van der Waals surface area contributed by atoms with Crippen LogP contribution in [0.15, 0.2) is 33.3 Å². The lowest BCUT2D eigenvalue weighted by Crippen LogP contribution is -2.17. The van der Waals surface area contributed by atoms with Crippen molar-refractivity contribution in [1.82, 2.24) is 10.2 Å². The van der Waals surface area contributed by atoms with Gasteiger partial charge in [0.25, 0.3) is 0 Å². The van der Waals surface area contributed by atoms with Crippen LogP contribution in [-0.2, 0) is 19.6 Å². The second-order valence-corrected chi connectivity index (χ2v) is 4.83. The lowest BCUT2D eigenvalue weighted by atomic mass is 10.2. The molecule has 2 aromatic heterocycles. The molecular weight excluding hydrogens is 240 g/mol. The van der Waals surface area contributed by atoms with Crippen molar-refractivity contribution >= 4 is 0 Å². The molecule has 19 heavy (non-hydrogen) atoms. The van der Waals surface area contributed by atoms with Crippen molar-refractivity contribution in [3.05, 3.63) is 47.3 Å². The van der Waals surface area contributed by atoms with Crippen LogP contribution in [0.4, 0.5) is 0 Å². The van der Waals surface area contributed by atoms with Crippen molar-refractivity contribution in [3.8, 4) is 0 Å². The molecule has 0 bridgehead atoms. The largest absolute Gasteiger partial charge is 0.468 e. The van der Waals surface area contributed by atoms with Gasteiger partial charge in [0.05, 0.1) is 19.4 Å². The van der Waals surface area contributed by atoms with Gasteiger partial charge in [-0.25, -0.2) is 0 Å². The van der Waals surface area contributed by atoms with Crippen LogP contribution in [0, 0.1) is 6.92 Å². The monoisotopic (exact) mass is 262 g/mol. The molecule has 0 aliphatic carbocycles. The van der Waals surface area contributed by atoms with E-state index >= 15 is 0 Å². The van der Waals surface area contributed by atoms with Gasteiger partial charge < -0.3 is 14.2 Å². The average Bonchev–Trinajstić information content (AvgIpc) is 2.98. The van der Waals surface area contributed by atoms with E-state index in [0.717, 1.165) is 43.5 Å². The minimum atomic E-state index is 0.791. The maximum Gasteiger partial charge on any atom is 0.118 e. The van der Waals surface area contributed by atoms with Gasteiger partial charge in [-0.1, -0.05) is 6.92 Å². The Hall–Kier alpha value is -1.52. The second-order valence-electron chi connectivity index (χ2n) is 4.83. The fourth-order valence-corrected chi connectivity index (χ4v) is 2.10. The Bertz CT molecular complexity index is 488. The molecule has 0 aliphatic heterocycles. The number of aryl methyl sites for hydroxylation is 1. The molecular formula is C15H22N2O2. The summed E-state index contributed by atoms with van der Waals surface area (Å²) in [5.74, 6) is 2.98. The Balaban J connectivity index is 1.92.